The number of anilines is 1. The van der Waals surface area contributed by atoms with Crippen molar-refractivity contribution >= 4 is 50.5 Å². The standard InChI is InChI=1S/C13H11BrClNO2S/c1-7-5-11(19-12(7)14)13(17)16-9-6-8(15)3-4-10(9)18-2/h3-6H,1-2H3,(H,16,17). The highest BCUT2D eigenvalue weighted by molar-refractivity contribution is 9.11. The van der Waals surface area contributed by atoms with Crippen molar-refractivity contribution in [3.8, 4) is 5.75 Å². The minimum atomic E-state index is -0.181. The average molecular weight is 361 g/mol. The van der Waals surface area contributed by atoms with Gasteiger partial charge < -0.3 is 10.1 Å². The molecule has 0 bridgehead atoms. The van der Waals surface area contributed by atoms with Crippen molar-refractivity contribution in [2.75, 3.05) is 12.4 Å². The van der Waals surface area contributed by atoms with E-state index in [4.69, 9.17) is 16.3 Å². The number of aryl methyl sites for hydroxylation is 1. The van der Waals surface area contributed by atoms with Crippen molar-refractivity contribution < 1.29 is 9.53 Å². The lowest BCUT2D eigenvalue weighted by Gasteiger charge is -2.09. The molecular weight excluding hydrogens is 350 g/mol. The van der Waals surface area contributed by atoms with Crippen LogP contribution in [-0.4, -0.2) is 13.0 Å². The van der Waals surface area contributed by atoms with E-state index in [0.717, 1.165) is 9.35 Å². The highest BCUT2D eigenvalue weighted by Gasteiger charge is 2.13. The fraction of sp³-hybridized carbons (Fsp3) is 0.154. The van der Waals surface area contributed by atoms with Gasteiger partial charge in [-0.05, 0) is 52.7 Å². The van der Waals surface area contributed by atoms with Gasteiger partial charge in [0.05, 0.1) is 21.5 Å². The van der Waals surface area contributed by atoms with Gasteiger partial charge in [-0.2, -0.15) is 0 Å². The number of carbonyl (C=O) groups is 1. The summed E-state index contributed by atoms with van der Waals surface area (Å²) in [6, 6.07) is 6.92. The number of ether oxygens (including phenoxy) is 1. The van der Waals surface area contributed by atoms with Gasteiger partial charge in [0, 0.05) is 5.02 Å². The third-order valence-electron chi connectivity index (χ3n) is 2.49. The summed E-state index contributed by atoms with van der Waals surface area (Å²) in [5.41, 5.74) is 1.59. The number of methoxy groups -OCH3 is 1. The predicted molar refractivity (Wildman–Crippen MR) is 82.7 cm³/mol. The zero-order valence-corrected chi connectivity index (χ0v) is 13.4. The number of thiophene rings is 1. The predicted octanol–water partition coefficient (Wildman–Crippen LogP) is 4.73. The van der Waals surface area contributed by atoms with E-state index in [1.807, 2.05) is 13.0 Å². The molecule has 1 amide bonds. The van der Waals surface area contributed by atoms with Crippen LogP contribution in [0.3, 0.4) is 0 Å². The van der Waals surface area contributed by atoms with Crippen LogP contribution in [-0.2, 0) is 0 Å². The Bertz CT molecular complexity index is 608. The second-order valence-corrected chi connectivity index (χ2v) is 6.67. The number of amides is 1. The average Bonchev–Trinajstić information content (AvgIpc) is 2.70. The number of benzene rings is 1. The van der Waals surface area contributed by atoms with Gasteiger partial charge in [-0.3, -0.25) is 4.79 Å². The normalized spacial score (nSPS) is 10.3. The maximum atomic E-state index is 12.1. The molecule has 2 aromatic rings. The van der Waals surface area contributed by atoms with Gasteiger partial charge in [-0.1, -0.05) is 11.6 Å². The lowest BCUT2D eigenvalue weighted by atomic mass is 10.2. The molecule has 0 aliphatic carbocycles. The third kappa shape index (κ3) is 3.29. The van der Waals surface area contributed by atoms with E-state index < -0.39 is 0 Å². The summed E-state index contributed by atoms with van der Waals surface area (Å²) in [7, 11) is 1.55. The molecule has 100 valence electrons. The number of carbonyl (C=O) groups excluding carboxylic acids is 1. The van der Waals surface area contributed by atoms with Crippen LogP contribution in [0.1, 0.15) is 15.2 Å². The van der Waals surface area contributed by atoms with Crippen LogP contribution >= 0.6 is 38.9 Å². The molecular formula is C13H11BrClNO2S. The number of halogens is 2. The van der Waals surface area contributed by atoms with E-state index in [2.05, 4.69) is 21.2 Å². The highest BCUT2D eigenvalue weighted by atomic mass is 79.9. The molecule has 3 nitrogen and oxygen atoms in total. The Balaban J connectivity index is 2.25. The van der Waals surface area contributed by atoms with Crippen LogP contribution in [0.4, 0.5) is 5.69 Å². The van der Waals surface area contributed by atoms with Crippen LogP contribution in [0.5, 0.6) is 5.75 Å². The largest absolute Gasteiger partial charge is 0.495 e. The minimum absolute atomic E-state index is 0.181. The van der Waals surface area contributed by atoms with Gasteiger partial charge >= 0.3 is 0 Å². The smallest absolute Gasteiger partial charge is 0.265 e. The van der Waals surface area contributed by atoms with Crippen molar-refractivity contribution in [2.24, 2.45) is 0 Å². The van der Waals surface area contributed by atoms with Gasteiger partial charge in [0.15, 0.2) is 0 Å². The summed E-state index contributed by atoms with van der Waals surface area (Å²) in [5, 5.41) is 3.34. The zero-order valence-electron chi connectivity index (χ0n) is 10.3. The van der Waals surface area contributed by atoms with Gasteiger partial charge in [0.1, 0.15) is 5.75 Å². The van der Waals surface area contributed by atoms with Gasteiger partial charge in [0.2, 0.25) is 0 Å². The quantitative estimate of drug-likeness (QED) is 0.859. The van der Waals surface area contributed by atoms with Crippen LogP contribution in [0, 0.1) is 6.92 Å². The van der Waals surface area contributed by atoms with E-state index in [1.165, 1.54) is 11.3 Å². The summed E-state index contributed by atoms with van der Waals surface area (Å²) in [6.07, 6.45) is 0. The van der Waals surface area contributed by atoms with Crippen LogP contribution < -0.4 is 10.1 Å². The maximum Gasteiger partial charge on any atom is 0.265 e. The van der Waals surface area contributed by atoms with Gasteiger partial charge in [0.25, 0.3) is 5.91 Å². The molecule has 0 fully saturated rings. The van der Waals surface area contributed by atoms with E-state index >= 15 is 0 Å². The first-order chi connectivity index (χ1) is 9.01. The molecule has 6 heteroatoms. The van der Waals surface area contributed by atoms with Crippen LogP contribution in [0.2, 0.25) is 5.02 Å². The molecule has 0 saturated heterocycles. The number of hydrogen-bond donors (Lipinski definition) is 1. The van der Waals surface area contributed by atoms with Gasteiger partial charge in [-0.15, -0.1) is 11.3 Å². The second-order valence-electron chi connectivity index (χ2n) is 3.87. The zero-order chi connectivity index (χ0) is 14.0. The Morgan fingerprint density at radius 2 is 2.16 bits per heavy atom. The lowest BCUT2D eigenvalue weighted by molar-refractivity contribution is 0.103. The lowest BCUT2D eigenvalue weighted by Crippen LogP contribution is -2.11. The second kappa shape index (κ2) is 5.94. The number of rotatable bonds is 3. The van der Waals surface area contributed by atoms with E-state index in [-0.39, 0.29) is 5.91 Å². The highest BCUT2D eigenvalue weighted by Crippen LogP contribution is 2.31. The molecule has 0 spiro atoms. The summed E-state index contributed by atoms with van der Waals surface area (Å²) < 4.78 is 6.14. The van der Waals surface area contributed by atoms with E-state index in [1.54, 1.807) is 25.3 Å². The number of nitrogens with one attached hydrogen (secondary N) is 1. The van der Waals surface area contributed by atoms with Crippen molar-refractivity contribution in [1.82, 2.24) is 0 Å². The Morgan fingerprint density at radius 3 is 2.74 bits per heavy atom. The molecule has 1 N–H and O–H groups in total. The molecule has 1 aromatic carbocycles. The van der Waals surface area contributed by atoms with E-state index in [0.29, 0.717) is 21.3 Å². The molecule has 19 heavy (non-hydrogen) atoms. The molecule has 2 rings (SSSR count). The summed E-state index contributed by atoms with van der Waals surface area (Å²) >= 11 is 10.7. The van der Waals surface area contributed by atoms with Crippen molar-refractivity contribution in [1.29, 1.82) is 0 Å². The molecule has 0 unspecified atom stereocenters. The molecule has 0 aliphatic rings. The molecule has 0 aliphatic heterocycles. The Hall–Kier alpha value is -1.04. The summed E-state index contributed by atoms with van der Waals surface area (Å²) in [6.45, 7) is 1.94. The molecule has 1 heterocycles. The first-order valence-corrected chi connectivity index (χ1v) is 7.41. The molecule has 0 atom stereocenters. The fourth-order valence-corrected chi connectivity index (χ4v) is 3.14. The topological polar surface area (TPSA) is 38.3 Å². The monoisotopic (exact) mass is 359 g/mol. The van der Waals surface area contributed by atoms with Gasteiger partial charge in [-0.25, -0.2) is 0 Å². The minimum Gasteiger partial charge on any atom is -0.495 e. The molecule has 0 saturated carbocycles. The molecule has 1 aromatic heterocycles. The molecule has 0 radical (unpaired) electrons. The first-order valence-electron chi connectivity index (χ1n) is 5.42. The number of hydrogen-bond acceptors (Lipinski definition) is 3. The van der Waals surface area contributed by atoms with E-state index in [9.17, 15) is 4.79 Å². The third-order valence-corrected chi connectivity index (χ3v) is 4.86. The SMILES string of the molecule is COc1ccc(Cl)cc1NC(=O)c1cc(C)c(Br)s1. The summed E-state index contributed by atoms with van der Waals surface area (Å²) in [5.74, 6) is 0.393. The van der Waals surface area contributed by atoms with Crippen molar-refractivity contribution in [2.45, 2.75) is 6.92 Å². The van der Waals surface area contributed by atoms with Crippen molar-refractivity contribution in [3.63, 3.8) is 0 Å². The summed E-state index contributed by atoms with van der Waals surface area (Å²) in [4.78, 5) is 12.8. The Labute approximate surface area is 128 Å². The van der Waals surface area contributed by atoms with Crippen LogP contribution in [0.25, 0.3) is 0 Å². The maximum absolute atomic E-state index is 12.1. The van der Waals surface area contributed by atoms with Crippen molar-refractivity contribution in [3.05, 3.63) is 43.5 Å². The Morgan fingerprint density at radius 1 is 1.42 bits per heavy atom. The van der Waals surface area contributed by atoms with Crippen LogP contribution in [0.15, 0.2) is 28.1 Å². The fourth-order valence-electron chi connectivity index (χ4n) is 1.53. The first kappa shape index (κ1) is 14.4. The Kier molecular flexibility index (Phi) is 4.50.